The van der Waals surface area contributed by atoms with E-state index in [2.05, 4.69) is 25.1 Å². The van der Waals surface area contributed by atoms with Crippen molar-refractivity contribution in [3.63, 3.8) is 0 Å². The maximum Gasteiger partial charge on any atom is 0.244 e. The van der Waals surface area contributed by atoms with Gasteiger partial charge in [0.1, 0.15) is 0 Å². The van der Waals surface area contributed by atoms with Crippen molar-refractivity contribution in [1.29, 1.82) is 0 Å². The second kappa shape index (κ2) is 8.64. The Hall–Kier alpha value is -1.23. The number of nitrogens with one attached hydrogen (secondary N) is 2. The molecule has 1 aromatic heterocycles. The smallest absolute Gasteiger partial charge is 0.244 e. The van der Waals surface area contributed by atoms with Gasteiger partial charge in [0.25, 0.3) is 0 Å². The van der Waals surface area contributed by atoms with E-state index < -0.39 is 16.1 Å². The molecule has 2 unspecified atom stereocenters. The topological polar surface area (TPSA) is 100 Å². The normalized spacial score (nSPS) is 19.7. The predicted octanol–water partition coefficient (Wildman–Crippen LogP) is 1.76. The number of aromatic nitrogens is 2. The van der Waals surface area contributed by atoms with Crippen LogP contribution in [0.5, 0.6) is 0 Å². The van der Waals surface area contributed by atoms with E-state index in [1.54, 1.807) is 6.92 Å². The molecule has 26 heavy (non-hydrogen) atoms. The first-order valence-corrected chi connectivity index (χ1v) is 9.75. The highest BCUT2D eigenvalue weighted by molar-refractivity contribution is 7.89. The van der Waals surface area contributed by atoms with Crippen LogP contribution in [0, 0.1) is 0 Å². The molecule has 0 aliphatic carbocycles. The lowest BCUT2D eigenvalue weighted by atomic mass is 10.2. The van der Waals surface area contributed by atoms with E-state index in [1.807, 2.05) is 7.05 Å². The van der Waals surface area contributed by atoms with Gasteiger partial charge >= 0.3 is 0 Å². The van der Waals surface area contributed by atoms with Crippen molar-refractivity contribution in [2.24, 2.45) is 0 Å². The molecule has 1 saturated heterocycles. The maximum atomic E-state index is 12.4. The van der Waals surface area contributed by atoms with Crippen LogP contribution in [0.4, 0.5) is 0 Å². The minimum atomic E-state index is -3.71. The zero-order valence-corrected chi connectivity index (χ0v) is 16.7. The second-order valence-corrected chi connectivity index (χ2v) is 8.14. The molecule has 0 bridgehead atoms. The first-order chi connectivity index (χ1) is 11.9. The Morgan fingerprint density at radius 1 is 1.38 bits per heavy atom. The fourth-order valence-corrected chi connectivity index (χ4v) is 3.94. The number of sulfonamides is 1. The van der Waals surface area contributed by atoms with E-state index in [4.69, 9.17) is 16.1 Å². The highest BCUT2D eigenvalue weighted by Crippen LogP contribution is 2.21. The predicted molar refractivity (Wildman–Crippen MR) is 100.0 cm³/mol. The average molecular weight is 422 g/mol. The molecule has 0 amide bonds. The number of hydrogen-bond donors (Lipinski definition) is 2. The van der Waals surface area contributed by atoms with Crippen LogP contribution in [0.2, 0.25) is 5.02 Å². The van der Waals surface area contributed by atoms with Gasteiger partial charge in [-0.05, 0) is 38.2 Å². The van der Waals surface area contributed by atoms with Gasteiger partial charge in [-0.25, -0.2) is 8.42 Å². The molecular formula is C15H21Cl2N5O3S. The molecule has 0 radical (unpaired) electrons. The van der Waals surface area contributed by atoms with Gasteiger partial charge < -0.3 is 9.84 Å². The van der Waals surface area contributed by atoms with Gasteiger partial charge in [0, 0.05) is 24.7 Å². The van der Waals surface area contributed by atoms with Crippen LogP contribution in [-0.4, -0.2) is 50.1 Å². The summed E-state index contributed by atoms with van der Waals surface area (Å²) in [6, 6.07) is 5.29. The number of nitrogens with zero attached hydrogens (tertiary/aromatic N) is 3. The highest BCUT2D eigenvalue weighted by atomic mass is 35.5. The van der Waals surface area contributed by atoms with Gasteiger partial charge in [-0.15, -0.1) is 12.4 Å². The van der Waals surface area contributed by atoms with Crippen molar-refractivity contribution < 1.29 is 12.9 Å². The van der Waals surface area contributed by atoms with Crippen molar-refractivity contribution >= 4 is 34.0 Å². The van der Waals surface area contributed by atoms with Gasteiger partial charge in [0.2, 0.25) is 15.9 Å². The standard InChI is InChI=1S/C15H20ClN5O3S.ClH/c1-10(20-25(22,23)12-5-3-11(16)4-6-12)15-18-14(19-24-15)13-9-17-7-8-21(13)2;/h3-6,10,13,17,20H,7-9H2,1-2H3;1H. The van der Waals surface area contributed by atoms with Crippen molar-refractivity contribution in [3.05, 3.63) is 41.0 Å². The lowest BCUT2D eigenvalue weighted by Gasteiger charge is -2.30. The molecule has 144 valence electrons. The number of halogens is 2. The van der Waals surface area contributed by atoms with Crippen molar-refractivity contribution in [1.82, 2.24) is 25.1 Å². The lowest BCUT2D eigenvalue weighted by Crippen LogP contribution is -2.44. The summed E-state index contributed by atoms with van der Waals surface area (Å²) in [6.45, 7) is 4.18. The average Bonchev–Trinajstić information content (AvgIpc) is 3.05. The van der Waals surface area contributed by atoms with Crippen LogP contribution in [0.3, 0.4) is 0 Å². The Balaban J connectivity index is 0.00000243. The molecule has 2 aromatic rings. The van der Waals surface area contributed by atoms with E-state index in [-0.39, 0.29) is 29.2 Å². The van der Waals surface area contributed by atoms with Crippen LogP contribution in [-0.2, 0) is 10.0 Å². The molecule has 2 N–H and O–H groups in total. The number of rotatable bonds is 5. The molecule has 1 fully saturated rings. The third-order valence-electron chi connectivity index (χ3n) is 4.09. The van der Waals surface area contributed by atoms with E-state index in [1.165, 1.54) is 24.3 Å². The highest BCUT2D eigenvalue weighted by Gasteiger charge is 2.28. The van der Waals surface area contributed by atoms with Crippen LogP contribution in [0.1, 0.15) is 30.7 Å². The number of benzene rings is 1. The minimum Gasteiger partial charge on any atom is -0.338 e. The second-order valence-electron chi connectivity index (χ2n) is 5.99. The van der Waals surface area contributed by atoms with Gasteiger partial charge in [0.15, 0.2) is 5.82 Å². The minimum absolute atomic E-state index is 0. The Morgan fingerprint density at radius 2 is 2.08 bits per heavy atom. The molecule has 2 heterocycles. The Bertz CT molecular complexity index is 828. The molecule has 1 aliphatic heterocycles. The van der Waals surface area contributed by atoms with Gasteiger partial charge in [-0.1, -0.05) is 16.8 Å². The van der Waals surface area contributed by atoms with Crippen LogP contribution < -0.4 is 10.0 Å². The summed E-state index contributed by atoms with van der Waals surface area (Å²) in [5, 5.41) is 7.76. The molecule has 3 rings (SSSR count). The molecule has 8 nitrogen and oxygen atoms in total. The molecule has 1 aliphatic rings. The van der Waals surface area contributed by atoms with Crippen LogP contribution >= 0.6 is 24.0 Å². The zero-order valence-electron chi connectivity index (χ0n) is 14.3. The van der Waals surface area contributed by atoms with Crippen molar-refractivity contribution in [2.45, 2.75) is 23.9 Å². The van der Waals surface area contributed by atoms with Crippen molar-refractivity contribution in [3.8, 4) is 0 Å². The molecule has 2 atom stereocenters. The maximum absolute atomic E-state index is 12.4. The number of piperazine rings is 1. The van der Waals surface area contributed by atoms with Gasteiger partial charge in [-0.2, -0.15) is 9.71 Å². The van der Waals surface area contributed by atoms with E-state index in [0.29, 0.717) is 10.8 Å². The quantitative estimate of drug-likeness (QED) is 0.758. The third-order valence-corrected chi connectivity index (χ3v) is 5.90. The van der Waals surface area contributed by atoms with Crippen LogP contribution in [0.15, 0.2) is 33.7 Å². The fourth-order valence-electron chi connectivity index (χ4n) is 2.62. The number of likely N-dealkylation sites (N-methyl/N-ethyl adjacent to an activating group) is 1. The molecular weight excluding hydrogens is 401 g/mol. The summed E-state index contributed by atoms with van der Waals surface area (Å²) in [6.07, 6.45) is 0. The van der Waals surface area contributed by atoms with E-state index >= 15 is 0 Å². The van der Waals surface area contributed by atoms with Gasteiger partial charge in [0.05, 0.1) is 17.0 Å². The van der Waals surface area contributed by atoms with Gasteiger partial charge in [-0.3, -0.25) is 4.90 Å². The summed E-state index contributed by atoms with van der Waals surface area (Å²) < 4.78 is 32.7. The van der Waals surface area contributed by atoms with Crippen molar-refractivity contribution in [2.75, 3.05) is 26.7 Å². The largest absolute Gasteiger partial charge is 0.338 e. The first kappa shape index (κ1) is 21.1. The number of hydrogen-bond acceptors (Lipinski definition) is 7. The molecule has 0 saturated carbocycles. The van der Waals surface area contributed by atoms with E-state index in [9.17, 15) is 8.42 Å². The molecule has 11 heteroatoms. The summed E-state index contributed by atoms with van der Waals surface area (Å²) in [7, 11) is -1.72. The lowest BCUT2D eigenvalue weighted by molar-refractivity contribution is 0.190. The summed E-state index contributed by atoms with van der Waals surface area (Å²) in [5.74, 6) is 0.772. The van der Waals surface area contributed by atoms with Crippen LogP contribution in [0.25, 0.3) is 0 Å². The Morgan fingerprint density at radius 3 is 2.73 bits per heavy atom. The summed E-state index contributed by atoms with van der Waals surface area (Å²) in [4.78, 5) is 6.63. The monoisotopic (exact) mass is 421 g/mol. The summed E-state index contributed by atoms with van der Waals surface area (Å²) in [5.41, 5.74) is 0. The van der Waals surface area contributed by atoms with E-state index in [0.717, 1.165) is 19.6 Å². The SMILES string of the molecule is CC(NS(=O)(=O)c1ccc(Cl)cc1)c1nc(C2CNCCN2C)no1.Cl. The first-order valence-electron chi connectivity index (χ1n) is 7.89. The molecule has 1 aromatic carbocycles. The Kier molecular flexibility index (Phi) is 7.00. The third kappa shape index (κ3) is 4.73. The zero-order chi connectivity index (χ0) is 18.0. The Labute approximate surface area is 163 Å². The molecule has 0 spiro atoms. The summed E-state index contributed by atoms with van der Waals surface area (Å²) >= 11 is 5.79. The fraction of sp³-hybridized carbons (Fsp3) is 0.467.